The number of benzene rings is 1. The van der Waals surface area contributed by atoms with Crippen molar-refractivity contribution in [3.05, 3.63) is 51.2 Å². The van der Waals surface area contributed by atoms with Crippen LogP contribution >= 0.6 is 34.7 Å². The van der Waals surface area contributed by atoms with Gasteiger partial charge in [0.25, 0.3) is 0 Å². The van der Waals surface area contributed by atoms with Crippen LogP contribution in [0.5, 0.6) is 0 Å². The summed E-state index contributed by atoms with van der Waals surface area (Å²) in [5, 5.41) is 11.4. The third kappa shape index (κ3) is 5.43. The Morgan fingerprint density at radius 1 is 1.29 bits per heavy atom. The average molecular weight is 337 g/mol. The summed E-state index contributed by atoms with van der Waals surface area (Å²) in [5.41, 5.74) is 1.70. The first-order chi connectivity index (χ1) is 10.2. The fourth-order valence-electron chi connectivity index (χ4n) is 1.67. The highest BCUT2D eigenvalue weighted by Gasteiger charge is 2.04. The number of carbonyl (C=O) groups excluding carboxylic acids is 1. The Kier molecular flexibility index (Phi) is 6.12. The molecule has 3 nitrogen and oxygen atoms in total. The van der Waals surface area contributed by atoms with Crippen LogP contribution in [0.2, 0.25) is 4.34 Å². The van der Waals surface area contributed by atoms with Crippen molar-refractivity contribution in [1.29, 1.82) is 5.26 Å². The van der Waals surface area contributed by atoms with Crippen LogP contribution in [-0.4, -0.2) is 11.7 Å². The van der Waals surface area contributed by atoms with E-state index in [-0.39, 0.29) is 5.91 Å². The highest BCUT2D eigenvalue weighted by Crippen LogP contribution is 2.25. The molecule has 0 spiro atoms. The van der Waals surface area contributed by atoms with Crippen LogP contribution in [0, 0.1) is 11.3 Å². The first-order valence-corrected chi connectivity index (χ1v) is 8.60. The van der Waals surface area contributed by atoms with E-state index in [1.165, 1.54) is 16.2 Å². The predicted octanol–water partition coefficient (Wildman–Crippen LogP) is 4.34. The van der Waals surface area contributed by atoms with Crippen molar-refractivity contribution < 1.29 is 4.79 Å². The molecule has 0 aliphatic rings. The van der Waals surface area contributed by atoms with Gasteiger partial charge in [0.15, 0.2) is 0 Å². The van der Waals surface area contributed by atoms with Gasteiger partial charge in [-0.2, -0.15) is 5.26 Å². The fraction of sp³-hybridized carbons (Fsp3) is 0.200. The Balaban J connectivity index is 1.75. The number of halogens is 1. The summed E-state index contributed by atoms with van der Waals surface area (Å²) in [6.07, 6.45) is 0.382. The molecule has 1 amide bonds. The molecule has 1 heterocycles. The van der Waals surface area contributed by atoms with E-state index in [1.54, 1.807) is 11.8 Å². The normalized spacial score (nSPS) is 10.1. The molecule has 0 bridgehead atoms. The number of anilines is 1. The molecule has 0 saturated carbocycles. The number of thiophene rings is 1. The van der Waals surface area contributed by atoms with Gasteiger partial charge >= 0.3 is 0 Å². The van der Waals surface area contributed by atoms with Gasteiger partial charge in [0.1, 0.15) is 0 Å². The first kappa shape index (κ1) is 15.9. The van der Waals surface area contributed by atoms with Gasteiger partial charge in [-0.15, -0.1) is 23.1 Å². The fourth-order valence-corrected chi connectivity index (χ4v) is 3.69. The molecule has 0 aliphatic carbocycles. The van der Waals surface area contributed by atoms with Gasteiger partial charge < -0.3 is 5.32 Å². The largest absolute Gasteiger partial charge is 0.325 e. The van der Waals surface area contributed by atoms with E-state index >= 15 is 0 Å². The molecule has 6 heteroatoms. The van der Waals surface area contributed by atoms with Crippen LogP contribution in [0.15, 0.2) is 36.4 Å². The van der Waals surface area contributed by atoms with Crippen molar-refractivity contribution in [3.63, 3.8) is 0 Å². The summed E-state index contributed by atoms with van der Waals surface area (Å²) in [7, 11) is 0. The molecule has 0 aliphatic heterocycles. The second kappa shape index (κ2) is 8.08. The number of hydrogen-bond acceptors (Lipinski definition) is 4. The van der Waals surface area contributed by atoms with Gasteiger partial charge in [0, 0.05) is 16.3 Å². The topological polar surface area (TPSA) is 52.9 Å². The van der Waals surface area contributed by atoms with Gasteiger partial charge in [0.2, 0.25) is 5.91 Å². The molecule has 21 heavy (non-hydrogen) atoms. The number of thioether (sulfide) groups is 1. The number of rotatable bonds is 6. The van der Waals surface area contributed by atoms with Crippen molar-refractivity contribution in [2.75, 3.05) is 11.1 Å². The van der Waals surface area contributed by atoms with E-state index < -0.39 is 0 Å². The van der Waals surface area contributed by atoms with E-state index in [1.807, 2.05) is 36.4 Å². The summed E-state index contributed by atoms with van der Waals surface area (Å²) in [6.45, 7) is 0. The molecule has 0 fully saturated rings. The van der Waals surface area contributed by atoms with E-state index in [2.05, 4.69) is 11.4 Å². The second-order valence-corrected chi connectivity index (χ2v) is 7.06. The smallest absolute Gasteiger partial charge is 0.234 e. The Hall–Kier alpha value is -1.48. The quantitative estimate of drug-likeness (QED) is 0.853. The van der Waals surface area contributed by atoms with Crippen LogP contribution in [0.4, 0.5) is 5.69 Å². The van der Waals surface area contributed by atoms with Crippen molar-refractivity contribution in [1.82, 2.24) is 0 Å². The maximum atomic E-state index is 11.8. The van der Waals surface area contributed by atoms with E-state index in [0.29, 0.717) is 12.2 Å². The number of nitrogens with one attached hydrogen (secondary N) is 1. The molecule has 0 saturated heterocycles. The third-order valence-corrected chi connectivity index (χ3v) is 5.02. The monoisotopic (exact) mass is 336 g/mol. The maximum absolute atomic E-state index is 11.8. The van der Waals surface area contributed by atoms with E-state index in [9.17, 15) is 4.79 Å². The molecule has 2 rings (SSSR count). The van der Waals surface area contributed by atoms with Crippen molar-refractivity contribution >= 4 is 46.3 Å². The molecule has 0 unspecified atom stereocenters. The number of carbonyl (C=O) groups is 1. The lowest BCUT2D eigenvalue weighted by molar-refractivity contribution is -0.113. The molecule has 0 radical (unpaired) electrons. The molecule has 1 N–H and O–H groups in total. The van der Waals surface area contributed by atoms with Crippen molar-refractivity contribution in [3.8, 4) is 6.07 Å². The number of hydrogen-bond donors (Lipinski definition) is 1. The van der Waals surface area contributed by atoms with Crippen LogP contribution in [0.1, 0.15) is 10.4 Å². The Morgan fingerprint density at radius 2 is 2.05 bits per heavy atom. The molecule has 1 aromatic carbocycles. The van der Waals surface area contributed by atoms with Gasteiger partial charge in [-0.1, -0.05) is 23.7 Å². The SMILES string of the molecule is N#CCc1ccc(NC(=O)CSCc2ccc(Cl)s2)cc1. The number of nitrogens with zero attached hydrogens (tertiary/aromatic N) is 1. The van der Waals surface area contributed by atoms with Crippen LogP contribution in [-0.2, 0) is 17.0 Å². The number of amides is 1. The summed E-state index contributed by atoms with van der Waals surface area (Å²) in [5.74, 6) is 1.15. The predicted molar refractivity (Wildman–Crippen MR) is 89.9 cm³/mol. The van der Waals surface area contributed by atoms with Crippen molar-refractivity contribution in [2.45, 2.75) is 12.2 Å². The third-order valence-electron chi connectivity index (χ3n) is 2.63. The van der Waals surface area contributed by atoms with Crippen molar-refractivity contribution in [2.24, 2.45) is 0 Å². The average Bonchev–Trinajstić information content (AvgIpc) is 2.87. The highest BCUT2D eigenvalue weighted by molar-refractivity contribution is 7.99. The highest BCUT2D eigenvalue weighted by atomic mass is 35.5. The van der Waals surface area contributed by atoms with E-state index in [0.717, 1.165) is 21.3 Å². The zero-order valence-corrected chi connectivity index (χ0v) is 13.5. The van der Waals surface area contributed by atoms with Crippen LogP contribution in [0.25, 0.3) is 0 Å². The summed E-state index contributed by atoms with van der Waals surface area (Å²) < 4.78 is 0.771. The van der Waals surface area contributed by atoms with Gasteiger partial charge in [-0.05, 0) is 29.8 Å². The zero-order valence-electron chi connectivity index (χ0n) is 11.1. The minimum atomic E-state index is -0.0318. The van der Waals surface area contributed by atoms with Gasteiger partial charge in [-0.25, -0.2) is 0 Å². The molecule has 0 atom stereocenters. The molecule has 1 aromatic heterocycles. The van der Waals surface area contributed by atoms with Crippen LogP contribution in [0.3, 0.4) is 0 Å². The second-order valence-electron chi connectivity index (χ2n) is 4.28. The molecule has 108 valence electrons. The summed E-state index contributed by atoms with van der Waals surface area (Å²) in [6, 6.07) is 13.3. The van der Waals surface area contributed by atoms with E-state index in [4.69, 9.17) is 16.9 Å². The first-order valence-electron chi connectivity index (χ1n) is 6.25. The molecular weight excluding hydrogens is 324 g/mol. The minimum Gasteiger partial charge on any atom is -0.325 e. The Bertz CT molecular complexity index is 646. The zero-order chi connectivity index (χ0) is 15.1. The maximum Gasteiger partial charge on any atom is 0.234 e. The minimum absolute atomic E-state index is 0.0318. The lowest BCUT2D eigenvalue weighted by Crippen LogP contribution is -2.14. The lowest BCUT2D eigenvalue weighted by atomic mass is 10.1. The lowest BCUT2D eigenvalue weighted by Gasteiger charge is -2.05. The summed E-state index contributed by atoms with van der Waals surface area (Å²) in [4.78, 5) is 13.0. The number of nitriles is 1. The molecule has 2 aromatic rings. The Morgan fingerprint density at radius 3 is 2.67 bits per heavy atom. The molecular formula is C15H13ClN2OS2. The van der Waals surface area contributed by atoms with Gasteiger partial charge in [0.05, 0.1) is 22.6 Å². The standard InChI is InChI=1S/C15H13ClN2OS2/c16-14-6-5-13(21-14)9-20-10-15(19)18-12-3-1-11(2-4-12)7-8-17/h1-6H,7,9-10H2,(H,18,19). The Labute approximate surface area is 136 Å². The van der Waals surface area contributed by atoms with Crippen LogP contribution < -0.4 is 5.32 Å². The summed E-state index contributed by atoms with van der Waals surface area (Å²) >= 11 is 8.95. The van der Waals surface area contributed by atoms with Gasteiger partial charge in [-0.3, -0.25) is 4.79 Å².